The maximum absolute atomic E-state index is 11.8. The van der Waals surface area contributed by atoms with Gasteiger partial charge in [-0.15, -0.1) is 0 Å². The first-order valence-electron chi connectivity index (χ1n) is 5.94. The number of carbonyl (C=O) groups excluding carboxylic acids is 1. The summed E-state index contributed by atoms with van der Waals surface area (Å²) in [6.45, 7) is 1.86. The largest absolute Gasteiger partial charge is 0.478 e. The molecule has 0 spiro atoms. The van der Waals surface area contributed by atoms with Crippen LogP contribution in [0.1, 0.15) is 22.0 Å². The predicted molar refractivity (Wildman–Crippen MR) is 78.2 cm³/mol. The van der Waals surface area contributed by atoms with Gasteiger partial charge in [0.2, 0.25) is 5.89 Å². The number of carboxylic acids is 1. The number of benzene rings is 1. The topological polar surface area (TPSA) is 104 Å². The molecule has 0 saturated heterocycles. The Morgan fingerprint density at radius 1 is 1.43 bits per heavy atom. The summed E-state index contributed by atoms with van der Waals surface area (Å²) in [6.07, 6.45) is 1.55. The molecular weight excluding hydrogens is 342 g/mol. The zero-order valence-electron chi connectivity index (χ0n) is 11.0. The number of carbonyl (C=O) groups is 2. The average Bonchev–Trinajstić information content (AvgIpc) is 2.84. The second-order valence-electron chi connectivity index (χ2n) is 4.17. The standard InChI is InChI=1S/C13H12BrN3O4/c1-7-5-15-11(21-7)6-16-13(20)17-10-3-2-8(14)4-9(10)12(18)19/h2-5H,6H2,1H3,(H,18,19)(H2,16,17,20). The van der Waals surface area contributed by atoms with E-state index in [0.29, 0.717) is 16.1 Å². The Balaban J connectivity index is 2.01. The van der Waals surface area contributed by atoms with Gasteiger partial charge in [-0.3, -0.25) is 0 Å². The molecule has 0 aliphatic rings. The van der Waals surface area contributed by atoms with Crippen LogP contribution in [0.2, 0.25) is 0 Å². The lowest BCUT2D eigenvalue weighted by molar-refractivity contribution is 0.0698. The van der Waals surface area contributed by atoms with E-state index in [2.05, 4.69) is 31.5 Å². The Morgan fingerprint density at radius 2 is 2.19 bits per heavy atom. The highest BCUT2D eigenvalue weighted by atomic mass is 79.9. The Morgan fingerprint density at radius 3 is 2.81 bits per heavy atom. The van der Waals surface area contributed by atoms with Crippen molar-refractivity contribution in [2.75, 3.05) is 5.32 Å². The van der Waals surface area contributed by atoms with Gasteiger partial charge < -0.3 is 20.2 Å². The van der Waals surface area contributed by atoms with Crippen LogP contribution in [0, 0.1) is 6.92 Å². The van der Waals surface area contributed by atoms with Crippen LogP contribution in [0.25, 0.3) is 0 Å². The van der Waals surface area contributed by atoms with E-state index < -0.39 is 12.0 Å². The molecule has 3 N–H and O–H groups in total. The highest BCUT2D eigenvalue weighted by molar-refractivity contribution is 9.10. The van der Waals surface area contributed by atoms with E-state index in [1.807, 2.05) is 0 Å². The van der Waals surface area contributed by atoms with Gasteiger partial charge in [0.1, 0.15) is 5.76 Å². The monoisotopic (exact) mass is 353 g/mol. The maximum atomic E-state index is 11.8. The molecule has 0 atom stereocenters. The van der Waals surface area contributed by atoms with Crippen molar-refractivity contribution in [1.29, 1.82) is 0 Å². The molecule has 8 heteroatoms. The van der Waals surface area contributed by atoms with E-state index in [1.165, 1.54) is 12.1 Å². The molecule has 110 valence electrons. The molecule has 2 amide bonds. The number of carboxylic acid groups (broad SMARTS) is 1. The lowest BCUT2D eigenvalue weighted by atomic mass is 10.2. The second kappa shape index (κ2) is 6.40. The number of nitrogens with one attached hydrogen (secondary N) is 2. The van der Waals surface area contributed by atoms with Crippen LogP contribution in [0.3, 0.4) is 0 Å². The first-order chi connectivity index (χ1) is 9.95. The van der Waals surface area contributed by atoms with Gasteiger partial charge in [-0.25, -0.2) is 14.6 Å². The zero-order valence-corrected chi connectivity index (χ0v) is 12.6. The van der Waals surface area contributed by atoms with Crippen molar-refractivity contribution in [3.8, 4) is 0 Å². The molecule has 1 aromatic heterocycles. The summed E-state index contributed by atoms with van der Waals surface area (Å²) in [4.78, 5) is 26.8. The van der Waals surface area contributed by atoms with Crippen molar-refractivity contribution in [3.05, 3.63) is 46.1 Å². The van der Waals surface area contributed by atoms with Gasteiger partial charge in [0.15, 0.2) is 0 Å². The van der Waals surface area contributed by atoms with E-state index in [-0.39, 0.29) is 17.8 Å². The fourth-order valence-corrected chi connectivity index (χ4v) is 1.97. The number of urea groups is 1. The van der Waals surface area contributed by atoms with Crippen molar-refractivity contribution in [2.45, 2.75) is 13.5 Å². The van der Waals surface area contributed by atoms with Crippen molar-refractivity contribution in [2.24, 2.45) is 0 Å². The molecular formula is C13H12BrN3O4. The molecule has 7 nitrogen and oxygen atoms in total. The van der Waals surface area contributed by atoms with Gasteiger partial charge in [0.25, 0.3) is 0 Å². The van der Waals surface area contributed by atoms with Gasteiger partial charge >= 0.3 is 12.0 Å². The Labute approximate surface area is 128 Å². The first-order valence-corrected chi connectivity index (χ1v) is 6.74. The number of aryl methyl sites for hydroxylation is 1. The molecule has 0 radical (unpaired) electrons. The number of amides is 2. The quantitative estimate of drug-likeness (QED) is 0.783. The summed E-state index contributed by atoms with van der Waals surface area (Å²) in [5.41, 5.74) is 0.193. The average molecular weight is 354 g/mol. The first kappa shape index (κ1) is 15.0. The molecule has 0 fully saturated rings. The summed E-state index contributed by atoms with van der Waals surface area (Å²) >= 11 is 3.18. The van der Waals surface area contributed by atoms with Crippen molar-refractivity contribution in [3.63, 3.8) is 0 Å². The van der Waals surface area contributed by atoms with Crippen LogP contribution in [0.4, 0.5) is 10.5 Å². The van der Waals surface area contributed by atoms with Crippen LogP contribution in [0.5, 0.6) is 0 Å². The third kappa shape index (κ3) is 4.06. The number of oxazole rings is 1. The molecule has 2 rings (SSSR count). The number of rotatable bonds is 4. The number of anilines is 1. The molecule has 0 aliphatic carbocycles. The Hall–Kier alpha value is -2.35. The summed E-state index contributed by atoms with van der Waals surface area (Å²) < 4.78 is 5.82. The summed E-state index contributed by atoms with van der Waals surface area (Å²) in [7, 11) is 0. The third-order valence-corrected chi connectivity index (χ3v) is 3.02. The number of nitrogens with zero attached hydrogens (tertiary/aromatic N) is 1. The molecule has 1 heterocycles. The predicted octanol–water partition coefficient (Wildman–Crippen LogP) is 2.77. The molecule has 0 unspecified atom stereocenters. The normalized spacial score (nSPS) is 10.2. The van der Waals surface area contributed by atoms with E-state index >= 15 is 0 Å². The number of halogens is 1. The van der Waals surface area contributed by atoms with Gasteiger partial charge in [-0.2, -0.15) is 0 Å². The summed E-state index contributed by atoms with van der Waals surface area (Å²) in [5, 5.41) is 14.1. The molecule has 2 aromatic rings. The number of aromatic nitrogens is 1. The fourth-order valence-electron chi connectivity index (χ4n) is 1.61. The van der Waals surface area contributed by atoms with E-state index in [9.17, 15) is 9.59 Å². The fraction of sp³-hybridized carbons (Fsp3) is 0.154. The lowest BCUT2D eigenvalue weighted by Gasteiger charge is -2.09. The molecule has 0 bridgehead atoms. The third-order valence-electron chi connectivity index (χ3n) is 2.53. The van der Waals surface area contributed by atoms with Crippen molar-refractivity contribution >= 4 is 33.6 Å². The Kier molecular flexibility index (Phi) is 4.59. The lowest BCUT2D eigenvalue weighted by Crippen LogP contribution is -2.29. The minimum atomic E-state index is -1.13. The van der Waals surface area contributed by atoms with Gasteiger partial charge in [0, 0.05) is 4.47 Å². The van der Waals surface area contributed by atoms with Crippen LogP contribution in [0.15, 0.2) is 33.3 Å². The SMILES string of the molecule is Cc1cnc(CNC(=O)Nc2ccc(Br)cc2C(=O)O)o1. The molecule has 21 heavy (non-hydrogen) atoms. The van der Waals surface area contributed by atoms with E-state index in [1.54, 1.807) is 19.2 Å². The van der Waals surface area contributed by atoms with Crippen molar-refractivity contribution < 1.29 is 19.1 Å². The van der Waals surface area contributed by atoms with Gasteiger partial charge in [-0.1, -0.05) is 15.9 Å². The highest BCUT2D eigenvalue weighted by Gasteiger charge is 2.13. The second-order valence-corrected chi connectivity index (χ2v) is 5.08. The van der Waals surface area contributed by atoms with Crippen LogP contribution in [-0.2, 0) is 6.54 Å². The molecule has 1 aromatic carbocycles. The smallest absolute Gasteiger partial charge is 0.337 e. The Bertz CT molecular complexity index is 684. The van der Waals surface area contributed by atoms with Gasteiger partial charge in [0.05, 0.1) is 24.0 Å². The van der Waals surface area contributed by atoms with Crippen LogP contribution >= 0.6 is 15.9 Å². The van der Waals surface area contributed by atoms with Crippen LogP contribution in [-0.4, -0.2) is 22.1 Å². The maximum Gasteiger partial charge on any atom is 0.337 e. The van der Waals surface area contributed by atoms with Gasteiger partial charge in [-0.05, 0) is 25.1 Å². The van der Waals surface area contributed by atoms with E-state index in [4.69, 9.17) is 9.52 Å². The summed E-state index contributed by atoms with van der Waals surface area (Å²) in [6, 6.07) is 4.01. The highest BCUT2D eigenvalue weighted by Crippen LogP contribution is 2.21. The number of aromatic carboxylic acids is 1. The molecule has 0 aliphatic heterocycles. The zero-order chi connectivity index (χ0) is 15.4. The molecule has 0 saturated carbocycles. The number of hydrogen-bond acceptors (Lipinski definition) is 4. The van der Waals surface area contributed by atoms with Crippen molar-refractivity contribution in [1.82, 2.24) is 10.3 Å². The minimum absolute atomic E-state index is 0.00788. The van der Waals surface area contributed by atoms with Crippen LogP contribution < -0.4 is 10.6 Å². The van der Waals surface area contributed by atoms with E-state index in [0.717, 1.165) is 0 Å². The minimum Gasteiger partial charge on any atom is -0.478 e. The number of hydrogen-bond donors (Lipinski definition) is 3. The summed E-state index contributed by atoms with van der Waals surface area (Å²) in [5.74, 6) is -0.111.